The van der Waals surface area contributed by atoms with Crippen molar-refractivity contribution in [2.75, 3.05) is 13.1 Å². The summed E-state index contributed by atoms with van der Waals surface area (Å²) in [6, 6.07) is 14.0. The number of aromatic amines is 1. The number of fused-ring (bicyclic) bond motifs is 1. The Morgan fingerprint density at radius 1 is 1.15 bits per heavy atom. The van der Waals surface area contributed by atoms with Crippen molar-refractivity contribution in [1.29, 1.82) is 0 Å². The molecule has 132 valence electrons. The zero-order chi connectivity index (χ0) is 17.6. The number of imidazole rings is 1. The quantitative estimate of drug-likeness (QED) is 0.791. The number of rotatable bonds is 3. The molecule has 1 aliphatic carbocycles. The summed E-state index contributed by atoms with van der Waals surface area (Å²) in [5.74, 6) is 1.53. The zero-order valence-electron chi connectivity index (χ0n) is 14.7. The van der Waals surface area contributed by atoms with E-state index in [2.05, 4.69) is 16.0 Å². The van der Waals surface area contributed by atoms with Gasteiger partial charge in [-0.1, -0.05) is 18.2 Å². The number of hydrogen-bond donors (Lipinski definition) is 1. The van der Waals surface area contributed by atoms with Gasteiger partial charge in [0, 0.05) is 25.2 Å². The van der Waals surface area contributed by atoms with Crippen LogP contribution in [0.5, 0.6) is 0 Å². The van der Waals surface area contributed by atoms with Crippen LogP contribution < -0.4 is 0 Å². The van der Waals surface area contributed by atoms with E-state index in [4.69, 9.17) is 4.98 Å². The summed E-state index contributed by atoms with van der Waals surface area (Å²) < 4.78 is 0. The van der Waals surface area contributed by atoms with E-state index in [1.165, 1.54) is 0 Å². The third-order valence-corrected chi connectivity index (χ3v) is 5.82. The highest BCUT2D eigenvalue weighted by Gasteiger charge is 2.54. The molecule has 26 heavy (non-hydrogen) atoms. The number of benzene rings is 1. The molecule has 1 aromatic carbocycles. The standard InChI is InChI=1S/C21H22N4O/c26-20(21(10-11-21)18-9-3-4-12-22-18)25-13-5-6-15(14-25)19-23-16-7-1-2-8-17(16)24-19/h1-4,7-9,12,15H,5-6,10-11,13-14H2,(H,23,24). The summed E-state index contributed by atoms with van der Waals surface area (Å²) in [4.78, 5) is 28.0. The number of pyridine rings is 1. The number of carbonyl (C=O) groups excluding carboxylic acids is 1. The molecule has 5 rings (SSSR count). The number of nitrogens with one attached hydrogen (secondary N) is 1. The van der Waals surface area contributed by atoms with Crippen LogP contribution in [0.2, 0.25) is 0 Å². The van der Waals surface area contributed by atoms with Crippen molar-refractivity contribution < 1.29 is 4.79 Å². The zero-order valence-corrected chi connectivity index (χ0v) is 14.7. The largest absolute Gasteiger partial charge is 0.342 e. The monoisotopic (exact) mass is 346 g/mol. The van der Waals surface area contributed by atoms with Gasteiger partial charge in [0.15, 0.2) is 0 Å². The van der Waals surface area contributed by atoms with Crippen molar-refractivity contribution >= 4 is 16.9 Å². The Labute approximate surface area is 152 Å². The van der Waals surface area contributed by atoms with Crippen molar-refractivity contribution in [3.8, 4) is 0 Å². The molecular weight excluding hydrogens is 324 g/mol. The highest BCUT2D eigenvalue weighted by Crippen LogP contribution is 2.49. The predicted octanol–water partition coefficient (Wildman–Crippen LogP) is 3.40. The molecule has 5 heteroatoms. The van der Waals surface area contributed by atoms with Gasteiger partial charge < -0.3 is 9.88 Å². The van der Waals surface area contributed by atoms with E-state index in [1.807, 2.05) is 41.3 Å². The molecule has 1 saturated heterocycles. The maximum atomic E-state index is 13.3. The molecular formula is C21H22N4O. The summed E-state index contributed by atoms with van der Waals surface area (Å²) in [6.07, 6.45) is 5.70. The maximum Gasteiger partial charge on any atom is 0.234 e. The average molecular weight is 346 g/mol. The van der Waals surface area contributed by atoms with Crippen LogP contribution in [-0.4, -0.2) is 38.8 Å². The van der Waals surface area contributed by atoms with E-state index in [-0.39, 0.29) is 17.2 Å². The Kier molecular flexibility index (Phi) is 3.55. The van der Waals surface area contributed by atoms with Crippen molar-refractivity contribution in [3.05, 3.63) is 60.2 Å². The number of H-pyrrole nitrogens is 1. The topological polar surface area (TPSA) is 61.9 Å². The van der Waals surface area contributed by atoms with Crippen molar-refractivity contribution in [3.63, 3.8) is 0 Å². The molecule has 1 aliphatic heterocycles. The second kappa shape index (κ2) is 5.94. The van der Waals surface area contributed by atoms with Crippen LogP contribution in [0.4, 0.5) is 0 Å². The fourth-order valence-corrected chi connectivity index (χ4v) is 4.20. The third kappa shape index (κ3) is 2.50. The lowest BCUT2D eigenvalue weighted by molar-refractivity contribution is -0.135. The van der Waals surface area contributed by atoms with Crippen molar-refractivity contribution in [2.45, 2.75) is 37.0 Å². The molecule has 1 saturated carbocycles. The fourth-order valence-electron chi connectivity index (χ4n) is 4.20. The van der Waals surface area contributed by atoms with Gasteiger partial charge >= 0.3 is 0 Å². The van der Waals surface area contributed by atoms with Gasteiger partial charge in [-0.15, -0.1) is 0 Å². The summed E-state index contributed by atoms with van der Waals surface area (Å²) in [7, 11) is 0. The summed E-state index contributed by atoms with van der Waals surface area (Å²) in [5, 5.41) is 0. The lowest BCUT2D eigenvalue weighted by atomic mass is 9.93. The molecule has 1 N–H and O–H groups in total. The predicted molar refractivity (Wildman–Crippen MR) is 99.8 cm³/mol. The van der Waals surface area contributed by atoms with Crippen LogP contribution in [-0.2, 0) is 10.2 Å². The number of amides is 1. The van der Waals surface area contributed by atoms with Crippen LogP contribution in [0, 0.1) is 0 Å². The minimum atomic E-state index is -0.378. The maximum absolute atomic E-state index is 13.3. The van der Waals surface area contributed by atoms with Gasteiger partial charge in [0.25, 0.3) is 0 Å². The van der Waals surface area contributed by atoms with Crippen LogP contribution >= 0.6 is 0 Å². The SMILES string of the molecule is O=C(N1CCCC(c2nc3ccccc3[nH]2)C1)C1(c2ccccn2)CC1. The molecule has 2 aromatic heterocycles. The number of likely N-dealkylation sites (tertiary alicyclic amines) is 1. The van der Waals surface area contributed by atoms with Gasteiger partial charge in [0.2, 0.25) is 5.91 Å². The van der Waals surface area contributed by atoms with Crippen LogP contribution in [0.3, 0.4) is 0 Å². The van der Waals surface area contributed by atoms with Gasteiger partial charge in [-0.25, -0.2) is 4.98 Å². The molecule has 2 aliphatic rings. The normalized spacial score (nSPS) is 21.7. The van der Waals surface area contributed by atoms with Crippen molar-refractivity contribution in [1.82, 2.24) is 19.9 Å². The minimum Gasteiger partial charge on any atom is -0.342 e. The summed E-state index contributed by atoms with van der Waals surface area (Å²) in [5.41, 5.74) is 2.61. The Hall–Kier alpha value is -2.69. The first-order valence-corrected chi connectivity index (χ1v) is 9.42. The molecule has 2 fully saturated rings. The minimum absolute atomic E-state index is 0.247. The Morgan fingerprint density at radius 3 is 2.77 bits per heavy atom. The Bertz CT molecular complexity index is 912. The van der Waals surface area contributed by atoms with Gasteiger partial charge in [-0.2, -0.15) is 0 Å². The molecule has 3 heterocycles. The van der Waals surface area contributed by atoms with Gasteiger partial charge in [0.1, 0.15) is 5.82 Å². The molecule has 5 nitrogen and oxygen atoms in total. The van der Waals surface area contributed by atoms with Crippen LogP contribution in [0.1, 0.15) is 43.1 Å². The number of aromatic nitrogens is 3. The third-order valence-electron chi connectivity index (χ3n) is 5.82. The van der Waals surface area contributed by atoms with Crippen molar-refractivity contribution in [2.24, 2.45) is 0 Å². The van der Waals surface area contributed by atoms with Gasteiger partial charge in [-0.3, -0.25) is 9.78 Å². The highest BCUT2D eigenvalue weighted by molar-refractivity contribution is 5.91. The van der Waals surface area contributed by atoms with E-state index < -0.39 is 0 Å². The number of nitrogens with zero attached hydrogens (tertiary/aromatic N) is 3. The molecule has 0 radical (unpaired) electrons. The second-order valence-electron chi connectivity index (χ2n) is 7.53. The first-order chi connectivity index (χ1) is 12.8. The number of piperidine rings is 1. The van der Waals surface area contributed by atoms with E-state index in [9.17, 15) is 4.79 Å². The van der Waals surface area contributed by atoms with Crippen LogP contribution in [0.15, 0.2) is 48.7 Å². The summed E-state index contributed by atoms with van der Waals surface area (Å²) >= 11 is 0. The molecule has 1 atom stereocenters. The van der Waals surface area contributed by atoms with Crippen LogP contribution in [0.25, 0.3) is 11.0 Å². The first kappa shape index (κ1) is 15.6. The number of carbonyl (C=O) groups is 1. The first-order valence-electron chi connectivity index (χ1n) is 9.42. The number of hydrogen-bond acceptors (Lipinski definition) is 3. The second-order valence-corrected chi connectivity index (χ2v) is 7.53. The number of para-hydroxylation sites is 2. The molecule has 0 spiro atoms. The average Bonchev–Trinajstić information content (AvgIpc) is 3.40. The Balaban J connectivity index is 1.38. The molecule has 1 amide bonds. The molecule has 1 unspecified atom stereocenters. The summed E-state index contributed by atoms with van der Waals surface area (Å²) in [6.45, 7) is 1.58. The molecule has 3 aromatic rings. The fraction of sp³-hybridized carbons (Fsp3) is 0.381. The van der Waals surface area contributed by atoms with E-state index in [0.717, 1.165) is 61.3 Å². The Morgan fingerprint density at radius 2 is 2.00 bits per heavy atom. The lowest BCUT2D eigenvalue weighted by Gasteiger charge is -2.34. The van der Waals surface area contributed by atoms with E-state index >= 15 is 0 Å². The smallest absolute Gasteiger partial charge is 0.234 e. The van der Waals surface area contributed by atoms with E-state index in [0.29, 0.717) is 0 Å². The van der Waals surface area contributed by atoms with Gasteiger partial charge in [-0.05, 0) is 49.9 Å². The van der Waals surface area contributed by atoms with E-state index in [1.54, 1.807) is 6.20 Å². The highest BCUT2D eigenvalue weighted by atomic mass is 16.2. The lowest BCUT2D eigenvalue weighted by Crippen LogP contribution is -2.45. The molecule has 0 bridgehead atoms. The van der Waals surface area contributed by atoms with Gasteiger partial charge in [0.05, 0.1) is 22.1 Å².